The van der Waals surface area contributed by atoms with Crippen molar-refractivity contribution in [3.05, 3.63) is 41.1 Å². The Kier molecular flexibility index (Phi) is 5.70. The van der Waals surface area contributed by atoms with Crippen molar-refractivity contribution < 1.29 is 19.1 Å². The Hall–Kier alpha value is -2.96. The first-order valence-electron chi connectivity index (χ1n) is 10.7. The lowest BCUT2D eigenvalue weighted by Gasteiger charge is -2.30. The van der Waals surface area contributed by atoms with E-state index in [0.29, 0.717) is 34.3 Å². The number of rotatable bonds is 5. The molecule has 1 saturated carbocycles. The van der Waals surface area contributed by atoms with Crippen molar-refractivity contribution in [1.82, 2.24) is 15.2 Å². The molecule has 2 aliphatic rings. The molecule has 4 rings (SSSR count). The average Bonchev–Trinajstić information content (AvgIpc) is 3.08. The lowest BCUT2D eigenvalue weighted by molar-refractivity contribution is -0.144. The quantitative estimate of drug-likeness (QED) is 0.766. The van der Waals surface area contributed by atoms with Crippen LogP contribution in [0.4, 0.5) is 0 Å². The molecule has 2 aromatic rings. The van der Waals surface area contributed by atoms with Crippen LogP contribution in [0.25, 0.3) is 10.9 Å². The highest BCUT2D eigenvalue weighted by Gasteiger charge is 2.38. The number of aromatic nitrogens is 1. The number of esters is 1. The zero-order valence-electron chi connectivity index (χ0n) is 17.4. The summed E-state index contributed by atoms with van der Waals surface area (Å²) in [5.74, 6) is -0.973. The van der Waals surface area contributed by atoms with Crippen molar-refractivity contribution in [2.24, 2.45) is 0 Å². The lowest BCUT2D eigenvalue weighted by atomic mass is 9.94. The van der Waals surface area contributed by atoms with Gasteiger partial charge in [0, 0.05) is 23.5 Å². The molecule has 0 radical (unpaired) electrons. The summed E-state index contributed by atoms with van der Waals surface area (Å²) in [5, 5.41) is 3.42. The maximum absolute atomic E-state index is 13.3. The summed E-state index contributed by atoms with van der Waals surface area (Å²) < 4.78 is 5.01. The highest BCUT2D eigenvalue weighted by Crippen LogP contribution is 2.34. The highest BCUT2D eigenvalue weighted by molar-refractivity contribution is 6.12. The molecule has 0 saturated heterocycles. The lowest BCUT2D eigenvalue weighted by Crippen LogP contribution is -2.40. The zero-order chi connectivity index (χ0) is 21.3. The van der Waals surface area contributed by atoms with Gasteiger partial charge in [-0.2, -0.15) is 0 Å². The molecule has 0 bridgehead atoms. The first-order valence-corrected chi connectivity index (χ1v) is 10.7. The number of pyridine rings is 1. The smallest absolute Gasteiger partial charge is 0.328 e. The van der Waals surface area contributed by atoms with E-state index in [1.807, 2.05) is 23.1 Å². The molecular formula is C23H27N3O4. The summed E-state index contributed by atoms with van der Waals surface area (Å²) in [7, 11) is 0. The monoisotopic (exact) mass is 409 g/mol. The molecule has 1 unspecified atom stereocenters. The van der Waals surface area contributed by atoms with Gasteiger partial charge in [-0.1, -0.05) is 37.5 Å². The van der Waals surface area contributed by atoms with Crippen LogP contribution in [0.1, 0.15) is 72.4 Å². The van der Waals surface area contributed by atoms with E-state index in [1.165, 1.54) is 6.42 Å². The Morgan fingerprint density at radius 1 is 1.23 bits per heavy atom. The van der Waals surface area contributed by atoms with E-state index >= 15 is 0 Å². The van der Waals surface area contributed by atoms with Gasteiger partial charge in [-0.15, -0.1) is 0 Å². The number of ether oxygens (including phenoxy) is 1. The van der Waals surface area contributed by atoms with E-state index in [0.717, 1.165) is 25.7 Å². The van der Waals surface area contributed by atoms with E-state index < -0.39 is 12.0 Å². The fraction of sp³-hybridized carbons (Fsp3) is 0.478. The van der Waals surface area contributed by atoms with Crippen molar-refractivity contribution in [3.8, 4) is 0 Å². The predicted octanol–water partition coefficient (Wildman–Crippen LogP) is 3.20. The molecule has 1 aliphatic heterocycles. The second-order valence-corrected chi connectivity index (χ2v) is 8.00. The number of amides is 2. The second-order valence-electron chi connectivity index (χ2n) is 8.00. The van der Waals surface area contributed by atoms with E-state index in [9.17, 15) is 14.4 Å². The molecule has 7 nitrogen and oxygen atoms in total. The Balaban J connectivity index is 1.72. The largest absolute Gasteiger partial charge is 0.464 e. The van der Waals surface area contributed by atoms with Crippen molar-refractivity contribution in [3.63, 3.8) is 0 Å². The van der Waals surface area contributed by atoms with Gasteiger partial charge in [0.15, 0.2) is 0 Å². The van der Waals surface area contributed by atoms with Gasteiger partial charge in [0.2, 0.25) is 0 Å². The van der Waals surface area contributed by atoms with Crippen LogP contribution in [0.5, 0.6) is 0 Å². The second kappa shape index (κ2) is 8.42. The molecule has 1 N–H and O–H groups in total. The average molecular weight is 409 g/mol. The minimum absolute atomic E-state index is 0.102. The fourth-order valence-corrected chi connectivity index (χ4v) is 4.50. The molecule has 7 heteroatoms. The third-order valence-electron chi connectivity index (χ3n) is 6.02. The van der Waals surface area contributed by atoms with Gasteiger partial charge in [0.1, 0.15) is 11.7 Å². The van der Waals surface area contributed by atoms with E-state index in [4.69, 9.17) is 4.74 Å². The number of carbonyl (C=O) groups excluding carboxylic acids is 3. The van der Waals surface area contributed by atoms with Gasteiger partial charge in [0.25, 0.3) is 11.8 Å². The van der Waals surface area contributed by atoms with Crippen LogP contribution < -0.4 is 5.32 Å². The predicted molar refractivity (Wildman–Crippen MR) is 112 cm³/mol. The molecule has 1 atom stereocenters. The van der Waals surface area contributed by atoms with Crippen LogP contribution in [0.3, 0.4) is 0 Å². The molecule has 1 fully saturated rings. The van der Waals surface area contributed by atoms with E-state index in [2.05, 4.69) is 10.3 Å². The van der Waals surface area contributed by atoms with Gasteiger partial charge >= 0.3 is 5.97 Å². The number of hydrogen-bond donors (Lipinski definition) is 1. The molecule has 30 heavy (non-hydrogen) atoms. The van der Waals surface area contributed by atoms with Crippen LogP contribution in [-0.4, -0.2) is 46.4 Å². The summed E-state index contributed by atoms with van der Waals surface area (Å²) in [6.45, 7) is 3.95. The number of hydrogen-bond acceptors (Lipinski definition) is 5. The number of para-hydroxylation sites is 1. The molecule has 158 valence electrons. The van der Waals surface area contributed by atoms with Crippen molar-refractivity contribution >= 4 is 28.7 Å². The molecular weight excluding hydrogens is 382 g/mol. The maximum atomic E-state index is 13.3. The molecule has 2 amide bonds. The molecule has 1 aromatic carbocycles. The van der Waals surface area contributed by atoms with Crippen LogP contribution >= 0.6 is 0 Å². The van der Waals surface area contributed by atoms with Crippen LogP contribution in [0.15, 0.2) is 24.3 Å². The van der Waals surface area contributed by atoms with Crippen LogP contribution in [-0.2, 0) is 16.1 Å². The summed E-state index contributed by atoms with van der Waals surface area (Å²) >= 11 is 0. The first kappa shape index (κ1) is 20.3. The van der Waals surface area contributed by atoms with Gasteiger partial charge in [-0.3, -0.25) is 9.59 Å². The Morgan fingerprint density at radius 3 is 2.70 bits per heavy atom. The van der Waals surface area contributed by atoms with Gasteiger partial charge in [0.05, 0.1) is 17.7 Å². The minimum Gasteiger partial charge on any atom is -0.464 e. The van der Waals surface area contributed by atoms with Crippen molar-refractivity contribution in [2.45, 2.75) is 64.6 Å². The number of nitrogens with zero attached hydrogens (tertiary/aromatic N) is 2. The standard InChI is InChI=1S/C23H27N3O4/c1-3-30-23(29)14(2)24-21(27)19-16-11-7-8-12-18(16)25-20-17(19)13-26(22(20)28)15-9-5-4-6-10-15/h7-8,11-12,14-15H,3-6,9-10,13H2,1-2H3,(H,24,27). The third-order valence-corrected chi connectivity index (χ3v) is 6.02. The molecule has 1 aromatic heterocycles. The minimum atomic E-state index is -0.786. The first-order chi connectivity index (χ1) is 14.5. The molecule has 0 spiro atoms. The summed E-state index contributed by atoms with van der Waals surface area (Å²) in [5.41, 5.74) is 2.04. The number of nitrogens with one attached hydrogen (secondary N) is 1. The molecule has 1 aliphatic carbocycles. The topological polar surface area (TPSA) is 88.6 Å². The van der Waals surface area contributed by atoms with Crippen LogP contribution in [0.2, 0.25) is 0 Å². The Morgan fingerprint density at radius 2 is 1.97 bits per heavy atom. The van der Waals surface area contributed by atoms with Gasteiger partial charge in [-0.25, -0.2) is 9.78 Å². The summed E-state index contributed by atoms with van der Waals surface area (Å²) in [6.07, 6.45) is 5.41. The van der Waals surface area contributed by atoms with Crippen molar-refractivity contribution in [1.29, 1.82) is 0 Å². The van der Waals surface area contributed by atoms with Crippen molar-refractivity contribution in [2.75, 3.05) is 6.61 Å². The number of fused-ring (bicyclic) bond motifs is 2. The fourth-order valence-electron chi connectivity index (χ4n) is 4.50. The van der Waals surface area contributed by atoms with Gasteiger partial charge < -0.3 is 15.0 Å². The summed E-state index contributed by atoms with van der Waals surface area (Å²) in [6, 6.07) is 6.73. The highest BCUT2D eigenvalue weighted by atomic mass is 16.5. The third kappa shape index (κ3) is 3.64. The van der Waals surface area contributed by atoms with Crippen LogP contribution in [0, 0.1) is 0 Å². The Labute approximate surface area is 175 Å². The maximum Gasteiger partial charge on any atom is 0.328 e. The Bertz CT molecular complexity index is 997. The van der Waals surface area contributed by atoms with E-state index in [1.54, 1.807) is 19.9 Å². The molecule has 2 heterocycles. The van der Waals surface area contributed by atoms with E-state index in [-0.39, 0.29) is 24.5 Å². The number of carbonyl (C=O) groups is 3. The zero-order valence-corrected chi connectivity index (χ0v) is 17.4. The SMILES string of the molecule is CCOC(=O)C(C)NC(=O)c1c2c(nc3ccccc13)C(=O)N(C1CCCCC1)C2. The normalized spacial score (nSPS) is 17.7. The number of benzene rings is 1. The summed E-state index contributed by atoms with van der Waals surface area (Å²) in [4.78, 5) is 44.9. The van der Waals surface area contributed by atoms with Gasteiger partial charge in [-0.05, 0) is 32.8 Å².